The van der Waals surface area contributed by atoms with Crippen LogP contribution in [0.1, 0.15) is 23.6 Å². The summed E-state index contributed by atoms with van der Waals surface area (Å²) in [5.41, 5.74) is -1.34. The van der Waals surface area contributed by atoms with Crippen LogP contribution in [0.3, 0.4) is 0 Å². The second-order valence-corrected chi connectivity index (χ2v) is 6.51. The van der Waals surface area contributed by atoms with Crippen molar-refractivity contribution < 1.29 is 13.2 Å². The van der Waals surface area contributed by atoms with Gasteiger partial charge in [0.1, 0.15) is 10.8 Å². The van der Waals surface area contributed by atoms with E-state index in [4.69, 9.17) is 11.6 Å². The van der Waals surface area contributed by atoms with Crippen molar-refractivity contribution in [3.8, 4) is 5.82 Å². The van der Waals surface area contributed by atoms with Crippen LogP contribution in [0.5, 0.6) is 0 Å². The van der Waals surface area contributed by atoms with Gasteiger partial charge in [-0.3, -0.25) is 4.79 Å². The van der Waals surface area contributed by atoms with Gasteiger partial charge in [-0.05, 0) is 18.6 Å². The van der Waals surface area contributed by atoms with Crippen LogP contribution in [0.15, 0.2) is 29.3 Å². The van der Waals surface area contributed by atoms with Crippen molar-refractivity contribution in [2.24, 2.45) is 0 Å². The molecule has 12 heteroatoms. The van der Waals surface area contributed by atoms with Gasteiger partial charge < -0.3 is 9.88 Å². The fourth-order valence-electron chi connectivity index (χ4n) is 2.91. The number of hydrogen-bond donors (Lipinski definition) is 1. The van der Waals surface area contributed by atoms with E-state index in [1.807, 2.05) is 4.57 Å². The molecular weight excluding hydrogens is 399 g/mol. The normalized spacial score (nSPS) is 13.6. The zero-order valence-corrected chi connectivity index (χ0v) is 15.0. The molecule has 0 aromatic carbocycles. The van der Waals surface area contributed by atoms with E-state index in [1.54, 1.807) is 0 Å². The average Bonchev–Trinajstić information content (AvgIpc) is 3.27. The van der Waals surface area contributed by atoms with Crippen LogP contribution < -0.4 is 10.9 Å². The summed E-state index contributed by atoms with van der Waals surface area (Å²) in [5.74, 6) is 1.57. The van der Waals surface area contributed by atoms with Crippen molar-refractivity contribution in [3.63, 3.8) is 0 Å². The summed E-state index contributed by atoms with van der Waals surface area (Å²) in [6.45, 7) is 1.14. The minimum Gasteiger partial charge on any atom is -0.375 e. The smallest absolute Gasteiger partial charge is 0.375 e. The highest BCUT2D eigenvalue weighted by Crippen LogP contribution is 2.28. The maximum absolute atomic E-state index is 12.6. The highest BCUT2D eigenvalue weighted by atomic mass is 35.5. The molecule has 1 N–H and O–H groups in total. The molecule has 1 aliphatic heterocycles. The van der Waals surface area contributed by atoms with Crippen molar-refractivity contribution in [1.29, 1.82) is 0 Å². The lowest BCUT2D eigenvalue weighted by molar-refractivity contribution is -0.137. The first-order valence-electron chi connectivity index (χ1n) is 8.31. The van der Waals surface area contributed by atoms with Crippen molar-refractivity contribution in [3.05, 3.63) is 57.1 Å². The van der Waals surface area contributed by atoms with Crippen LogP contribution >= 0.6 is 11.6 Å². The minimum absolute atomic E-state index is 0.0678. The molecule has 0 atom stereocenters. The number of alkyl halides is 3. The lowest BCUT2D eigenvalue weighted by Gasteiger charge is -2.11. The number of fused-ring (bicyclic) bond motifs is 1. The topological polar surface area (TPSA) is 90.5 Å². The quantitative estimate of drug-likeness (QED) is 0.709. The van der Waals surface area contributed by atoms with E-state index in [9.17, 15) is 18.0 Å². The average molecular weight is 412 g/mol. The number of aryl methyl sites for hydroxylation is 1. The Labute approximate surface area is 161 Å². The van der Waals surface area contributed by atoms with Gasteiger partial charge in [-0.1, -0.05) is 11.6 Å². The predicted octanol–water partition coefficient (Wildman–Crippen LogP) is 2.45. The highest BCUT2D eigenvalue weighted by Gasteiger charge is 2.30. The Hall–Kier alpha value is -2.95. The molecule has 4 rings (SSSR count). The Morgan fingerprint density at radius 2 is 2.04 bits per heavy atom. The Morgan fingerprint density at radius 1 is 1.21 bits per heavy atom. The fourth-order valence-corrected chi connectivity index (χ4v) is 3.11. The summed E-state index contributed by atoms with van der Waals surface area (Å²) in [6.07, 6.45) is -0.682. The second-order valence-electron chi connectivity index (χ2n) is 6.13. The number of rotatable bonds is 4. The van der Waals surface area contributed by atoms with Crippen molar-refractivity contribution in [2.75, 3.05) is 5.32 Å². The summed E-state index contributed by atoms with van der Waals surface area (Å²) >= 11 is 6.12. The standard InChI is InChI=1S/C16H13ClF3N7O/c17-14-10(21-8-13-25-24-12-2-1-5-26(12)13)7-23-27(15(14)28)11-4-3-9(6-22-11)16(18,19)20/h3-4,6-7,21H,1-2,5,8H2. The molecule has 28 heavy (non-hydrogen) atoms. The molecule has 0 spiro atoms. The van der Waals surface area contributed by atoms with Gasteiger partial charge in [-0.2, -0.15) is 23.0 Å². The summed E-state index contributed by atoms with van der Waals surface area (Å²) in [4.78, 5) is 16.1. The van der Waals surface area contributed by atoms with E-state index in [1.165, 1.54) is 6.20 Å². The summed E-state index contributed by atoms with van der Waals surface area (Å²) in [5, 5.41) is 15.0. The van der Waals surface area contributed by atoms with Gasteiger partial charge in [-0.15, -0.1) is 10.2 Å². The van der Waals surface area contributed by atoms with Gasteiger partial charge >= 0.3 is 6.18 Å². The molecule has 3 aromatic rings. The first kappa shape index (κ1) is 18.4. The van der Waals surface area contributed by atoms with E-state index in [0.29, 0.717) is 12.7 Å². The van der Waals surface area contributed by atoms with E-state index in [-0.39, 0.29) is 16.5 Å². The number of aromatic nitrogens is 6. The Balaban J connectivity index is 1.56. The van der Waals surface area contributed by atoms with Crippen molar-refractivity contribution in [2.45, 2.75) is 32.1 Å². The second kappa shape index (κ2) is 6.89. The molecule has 0 bridgehead atoms. The third-order valence-corrected chi connectivity index (χ3v) is 4.70. The monoisotopic (exact) mass is 411 g/mol. The number of halogens is 4. The number of hydrogen-bond acceptors (Lipinski definition) is 6. The molecule has 0 radical (unpaired) electrons. The number of pyridine rings is 1. The van der Waals surface area contributed by atoms with Crippen LogP contribution in [0.4, 0.5) is 18.9 Å². The first-order chi connectivity index (χ1) is 13.3. The number of nitrogens with zero attached hydrogens (tertiary/aromatic N) is 6. The molecule has 0 unspecified atom stereocenters. The van der Waals surface area contributed by atoms with Gasteiger partial charge in [0, 0.05) is 19.2 Å². The Morgan fingerprint density at radius 3 is 2.75 bits per heavy atom. The molecule has 0 saturated carbocycles. The van der Waals surface area contributed by atoms with Gasteiger partial charge in [0.15, 0.2) is 11.6 Å². The minimum atomic E-state index is -4.52. The lowest BCUT2D eigenvalue weighted by Crippen LogP contribution is -2.24. The zero-order chi connectivity index (χ0) is 19.9. The predicted molar refractivity (Wildman–Crippen MR) is 93.3 cm³/mol. The summed E-state index contributed by atoms with van der Waals surface area (Å²) in [6, 6.07) is 1.88. The largest absolute Gasteiger partial charge is 0.417 e. The molecule has 3 aromatic heterocycles. The number of anilines is 1. The van der Waals surface area contributed by atoms with E-state index in [2.05, 4.69) is 25.6 Å². The Kier molecular flexibility index (Phi) is 4.53. The molecule has 0 amide bonds. The molecule has 0 aliphatic carbocycles. The third-order valence-electron chi connectivity index (χ3n) is 4.33. The van der Waals surface area contributed by atoms with Crippen LogP contribution in [-0.2, 0) is 25.7 Å². The van der Waals surface area contributed by atoms with Crippen molar-refractivity contribution >= 4 is 17.3 Å². The van der Waals surface area contributed by atoms with E-state index in [0.717, 1.165) is 47.8 Å². The van der Waals surface area contributed by atoms with Crippen LogP contribution in [-0.4, -0.2) is 29.5 Å². The van der Waals surface area contributed by atoms with E-state index < -0.39 is 17.3 Å². The molecule has 0 fully saturated rings. The van der Waals surface area contributed by atoms with E-state index >= 15 is 0 Å². The highest BCUT2D eigenvalue weighted by molar-refractivity contribution is 6.32. The molecule has 8 nitrogen and oxygen atoms in total. The Bertz CT molecular complexity index is 1080. The maximum Gasteiger partial charge on any atom is 0.417 e. The number of nitrogens with one attached hydrogen (secondary N) is 1. The first-order valence-corrected chi connectivity index (χ1v) is 8.68. The summed E-state index contributed by atoms with van der Waals surface area (Å²) in [7, 11) is 0. The fraction of sp³-hybridized carbons (Fsp3) is 0.312. The summed E-state index contributed by atoms with van der Waals surface area (Å²) < 4.78 is 40.8. The third kappa shape index (κ3) is 3.33. The van der Waals surface area contributed by atoms with Crippen LogP contribution in [0, 0.1) is 0 Å². The molecular formula is C16H13ClF3N7O. The van der Waals surface area contributed by atoms with Crippen molar-refractivity contribution in [1.82, 2.24) is 29.5 Å². The zero-order valence-electron chi connectivity index (χ0n) is 14.2. The molecule has 146 valence electrons. The maximum atomic E-state index is 12.6. The van der Waals surface area contributed by atoms with Gasteiger partial charge in [0.05, 0.1) is 24.0 Å². The molecule has 0 saturated heterocycles. The SMILES string of the molecule is O=c1c(Cl)c(NCc2nnc3n2CCC3)cnn1-c1ccc(C(F)(F)F)cn1. The lowest BCUT2D eigenvalue weighted by atomic mass is 10.3. The van der Waals surface area contributed by atoms with Crippen LogP contribution in [0.25, 0.3) is 5.82 Å². The molecule has 4 heterocycles. The van der Waals surface area contributed by atoms with Gasteiger partial charge in [0.25, 0.3) is 5.56 Å². The van der Waals surface area contributed by atoms with Gasteiger partial charge in [-0.25, -0.2) is 4.98 Å². The van der Waals surface area contributed by atoms with Gasteiger partial charge in [0.2, 0.25) is 0 Å². The van der Waals surface area contributed by atoms with Crippen LogP contribution in [0.2, 0.25) is 5.02 Å². The molecule has 1 aliphatic rings.